The molecule has 0 spiro atoms. The highest BCUT2D eigenvalue weighted by Crippen LogP contribution is 2.43. The first kappa shape index (κ1) is 27.0. The van der Waals surface area contributed by atoms with E-state index in [1.165, 1.54) is 29.7 Å². The number of alkyl halides is 3. The van der Waals surface area contributed by atoms with Crippen molar-refractivity contribution in [1.29, 1.82) is 0 Å². The van der Waals surface area contributed by atoms with Crippen molar-refractivity contribution in [2.24, 2.45) is 5.92 Å². The number of rotatable bonds is 8. The van der Waals surface area contributed by atoms with Gasteiger partial charge < -0.3 is 10.1 Å². The smallest absolute Gasteiger partial charge is 0.364 e. The van der Waals surface area contributed by atoms with E-state index in [1.807, 2.05) is 13.8 Å². The van der Waals surface area contributed by atoms with E-state index in [-0.39, 0.29) is 41.4 Å². The fourth-order valence-electron chi connectivity index (χ4n) is 4.67. The molecule has 3 atom stereocenters. The zero-order chi connectivity index (χ0) is 26.3. The normalized spacial score (nSPS) is 22.8. The molecule has 13 heteroatoms. The lowest BCUT2D eigenvalue weighted by atomic mass is 10.0. The quantitative estimate of drug-likeness (QED) is 0.531. The first-order valence-corrected chi connectivity index (χ1v) is 14.3. The molecule has 0 aromatic carbocycles. The van der Waals surface area contributed by atoms with E-state index in [0.29, 0.717) is 30.3 Å². The monoisotopic (exact) mass is 546 g/mol. The Kier molecular flexibility index (Phi) is 7.75. The summed E-state index contributed by atoms with van der Waals surface area (Å²) < 4.78 is 68.0. The van der Waals surface area contributed by atoms with Gasteiger partial charge in [0.2, 0.25) is 5.91 Å². The Bertz CT molecular complexity index is 1200. The van der Waals surface area contributed by atoms with Crippen molar-refractivity contribution in [2.45, 2.75) is 75.9 Å². The predicted octanol–water partition coefficient (Wildman–Crippen LogP) is 4.14. The van der Waals surface area contributed by atoms with Crippen LogP contribution in [0.5, 0.6) is 0 Å². The van der Waals surface area contributed by atoms with Crippen molar-refractivity contribution in [3.8, 4) is 0 Å². The second-order valence-corrected chi connectivity index (χ2v) is 12.8. The van der Waals surface area contributed by atoms with Crippen LogP contribution in [0.3, 0.4) is 0 Å². The number of aromatic nitrogens is 2. The summed E-state index contributed by atoms with van der Waals surface area (Å²) in [5.74, 6) is -0.185. The fourth-order valence-corrected chi connectivity index (χ4v) is 6.53. The van der Waals surface area contributed by atoms with Gasteiger partial charge in [0.05, 0.1) is 34.9 Å². The molecule has 0 saturated carbocycles. The van der Waals surface area contributed by atoms with Crippen LogP contribution >= 0.6 is 11.3 Å². The van der Waals surface area contributed by atoms with E-state index in [9.17, 15) is 26.4 Å². The third-order valence-corrected chi connectivity index (χ3v) is 9.11. The van der Waals surface area contributed by atoms with Crippen molar-refractivity contribution in [3.63, 3.8) is 0 Å². The molecule has 1 amide bonds. The van der Waals surface area contributed by atoms with Gasteiger partial charge in [-0.15, -0.1) is 11.3 Å². The van der Waals surface area contributed by atoms with Crippen molar-refractivity contribution in [2.75, 3.05) is 17.6 Å². The molecular weight excluding hydrogens is 517 g/mol. The molecule has 36 heavy (non-hydrogen) atoms. The minimum atomic E-state index is -4.34. The number of hydrogen-bond acceptors (Lipinski definition) is 8. The number of ether oxygens (including phenoxy) is 1. The predicted molar refractivity (Wildman–Crippen MR) is 128 cm³/mol. The Balaban J connectivity index is 1.37. The summed E-state index contributed by atoms with van der Waals surface area (Å²) in [7, 11) is -3.36. The van der Waals surface area contributed by atoms with Gasteiger partial charge in [0, 0.05) is 29.9 Å². The first-order chi connectivity index (χ1) is 16.9. The van der Waals surface area contributed by atoms with Gasteiger partial charge in [-0.25, -0.2) is 13.4 Å². The average Bonchev–Trinajstić information content (AvgIpc) is 3.48. The molecule has 8 nitrogen and oxygen atoms in total. The Morgan fingerprint density at radius 1 is 1.31 bits per heavy atom. The Hall–Kier alpha value is -2.09. The SMILES string of the molecule is CCS(=O)(=O)c1ccc(CC(=O)Nc2nc3c(s2)CN(C[C@H]2CC[C@@H](C(F)(F)F)O2)[C@H]3C(C)C)nc1. The zero-order valence-electron chi connectivity index (χ0n) is 20.2. The molecule has 198 valence electrons. The van der Waals surface area contributed by atoms with Gasteiger partial charge in [-0.2, -0.15) is 13.2 Å². The molecule has 2 aliphatic rings. The molecule has 1 fully saturated rings. The van der Waals surface area contributed by atoms with Crippen molar-refractivity contribution in [1.82, 2.24) is 14.9 Å². The number of amides is 1. The van der Waals surface area contributed by atoms with Gasteiger partial charge in [-0.1, -0.05) is 20.8 Å². The van der Waals surface area contributed by atoms with Crippen LogP contribution in [0.25, 0.3) is 0 Å². The number of carbonyl (C=O) groups excluding carboxylic acids is 1. The van der Waals surface area contributed by atoms with E-state index in [4.69, 9.17) is 4.74 Å². The lowest BCUT2D eigenvalue weighted by Crippen LogP contribution is -2.35. The van der Waals surface area contributed by atoms with Crippen molar-refractivity contribution < 1.29 is 31.1 Å². The third kappa shape index (κ3) is 5.90. The zero-order valence-corrected chi connectivity index (χ0v) is 21.8. The van der Waals surface area contributed by atoms with E-state index in [0.717, 1.165) is 10.6 Å². The van der Waals surface area contributed by atoms with Crippen LogP contribution < -0.4 is 5.32 Å². The fraction of sp³-hybridized carbons (Fsp3) is 0.609. The number of sulfone groups is 1. The minimum absolute atomic E-state index is 0.0173. The van der Waals surface area contributed by atoms with Crippen LogP contribution in [0.15, 0.2) is 23.2 Å². The van der Waals surface area contributed by atoms with Gasteiger partial charge in [0.25, 0.3) is 0 Å². The molecule has 4 heterocycles. The van der Waals surface area contributed by atoms with Crippen molar-refractivity contribution in [3.05, 3.63) is 34.6 Å². The van der Waals surface area contributed by atoms with Gasteiger partial charge in [0.1, 0.15) is 0 Å². The van der Waals surface area contributed by atoms with E-state index < -0.39 is 28.2 Å². The third-order valence-electron chi connectivity index (χ3n) is 6.41. The lowest BCUT2D eigenvalue weighted by Gasteiger charge is -2.30. The highest BCUT2D eigenvalue weighted by Gasteiger charge is 2.46. The summed E-state index contributed by atoms with van der Waals surface area (Å²) in [6, 6.07) is 2.88. The topological polar surface area (TPSA) is 101 Å². The van der Waals surface area contributed by atoms with Crippen LogP contribution in [-0.2, 0) is 32.3 Å². The number of halogens is 3. The summed E-state index contributed by atoms with van der Waals surface area (Å²) in [6.45, 7) is 6.56. The number of nitrogens with one attached hydrogen (secondary N) is 1. The maximum atomic E-state index is 13.0. The van der Waals surface area contributed by atoms with Gasteiger partial charge >= 0.3 is 6.18 Å². The summed E-state index contributed by atoms with van der Waals surface area (Å²) >= 11 is 1.35. The summed E-state index contributed by atoms with van der Waals surface area (Å²) in [5, 5.41) is 3.24. The highest BCUT2D eigenvalue weighted by atomic mass is 32.2. The maximum absolute atomic E-state index is 13.0. The van der Waals surface area contributed by atoms with Crippen molar-refractivity contribution >= 4 is 32.2 Å². The molecule has 0 radical (unpaired) electrons. The second-order valence-electron chi connectivity index (χ2n) is 9.43. The van der Waals surface area contributed by atoms with E-state index >= 15 is 0 Å². The molecule has 2 aliphatic heterocycles. The Morgan fingerprint density at radius 3 is 2.64 bits per heavy atom. The van der Waals surface area contributed by atoms with Crippen LogP contribution in [0, 0.1) is 5.92 Å². The average molecular weight is 547 g/mol. The first-order valence-electron chi connectivity index (χ1n) is 11.8. The molecule has 0 unspecified atom stereocenters. The second kappa shape index (κ2) is 10.3. The number of pyridine rings is 1. The van der Waals surface area contributed by atoms with Gasteiger partial charge in [-0.05, 0) is 30.9 Å². The van der Waals surface area contributed by atoms with Crippen LogP contribution in [0.2, 0.25) is 0 Å². The number of anilines is 1. The standard InChI is InChI=1S/C23H29F3N4O4S2/c1-4-36(32,33)16-7-5-14(27-10-16)9-19(31)28-22-29-20-17(35-22)12-30(21(20)13(2)3)11-15-6-8-18(34-15)23(24,25)26/h5,7,10,13,15,18,21H,4,6,8-9,11-12H2,1-3H3,(H,28,29,31)/t15-,18+,21+/m1/s1. The van der Waals surface area contributed by atoms with Crippen LogP contribution in [0.1, 0.15) is 55.9 Å². The van der Waals surface area contributed by atoms with E-state index in [2.05, 4.69) is 20.2 Å². The number of hydrogen-bond donors (Lipinski definition) is 1. The minimum Gasteiger partial charge on any atom is -0.364 e. The molecule has 2 aromatic heterocycles. The summed E-state index contributed by atoms with van der Waals surface area (Å²) in [4.78, 5) is 24.5. The largest absolute Gasteiger partial charge is 0.414 e. The Morgan fingerprint density at radius 2 is 2.06 bits per heavy atom. The van der Waals surface area contributed by atoms with Crippen LogP contribution in [-0.4, -0.2) is 59.9 Å². The summed E-state index contributed by atoms with van der Waals surface area (Å²) in [5.41, 5.74) is 1.27. The molecule has 1 saturated heterocycles. The number of thiazole rings is 1. The Labute approximate surface area is 212 Å². The molecule has 0 aliphatic carbocycles. The molecule has 2 aromatic rings. The summed E-state index contributed by atoms with van der Waals surface area (Å²) in [6.07, 6.45) is -4.93. The molecule has 0 bridgehead atoms. The lowest BCUT2D eigenvalue weighted by molar-refractivity contribution is -0.216. The van der Waals surface area contributed by atoms with E-state index in [1.54, 1.807) is 6.92 Å². The molecular formula is C23H29F3N4O4S2. The molecule has 4 rings (SSSR count). The molecule has 1 N–H and O–H groups in total. The number of nitrogens with zero attached hydrogens (tertiary/aromatic N) is 3. The highest BCUT2D eigenvalue weighted by molar-refractivity contribution is 7.91. The van der Waals surface area contributed by atoms with Crippen LogP contribution in [0.4, 0.5) is 18.3 Å². The number of fused-ring (bicyclic) bond motifs is 1. The maximum Gasteiger partial charge on any atom is 0.414 e. The van der Waals surface area contributed by atoms with Gasteiger partial charge in [-0.3, -0.25) is 14.7 Å². The number of carbonyl (C=O) groups is 1. The van der Waals surface area contributed by atoms with Gasteiger partial charge in [0.15, 0.2) is 21.1 Å².